The molecule has 6 heteroatoms. The van der Waals surface area contributed by atoms with Crippen LogP contribution in [0.15, 0.2) is 46.3 Å². The van der Waals surface area contributed by atoms with Crippen molar-refractivity contribution in [1.82, 2.24) is 15.0 Å². The van der Waals surface area contributed by atoms with Crippen LogP contribution >= 0.6 is 11.3 Å². The first-order valence-corrected chi connectivity index (χ1v) is 8.96. The van der Waals surface area contributed by atoms with Crippen molar-refractivity contribution >= 4 is 17.2 Å². The van der Waals surface area contributed by atoms with Crippen LogP contribution in [0, 0.1) is 0 Å². The summed E-state index contributed by atoms with van der Waals surface area (Å²) in [4.78, 5) is 19.9. The third kappa shape index (κ3) is 2.97. The van der Waals surface area contributed by atoms with E-state index in [9.17, 15) is 4.79 Å². The quantitative estimate of drug-likeness (QED) is 0.721. The molecule has 122 valence electrons. The Balaban J connectivity index is 1.59. The largest absolute Gasteiger partial charge is 0.339 e. The summed E-state index contributed by atoms with van der Waals surface area (Å²) in [5.41, 5.74) is 1.47. The van der Waals surface area contributed by atoms with Crippen LogP contribution in [-0.2, 0) is 0 Å². The minimum absolute atomic E-state index is 0.0820. The molecule has 5 nitrogen and oxygen atoms in total. The average Bonchev–Trinajstić information content (AvgIpc) is 3.33. The first kappa shape index (κ1) is 15.1. The molecule has 0 N–H and O–H groups in total. The fourth-order valence-electron chi connectivity index (χ4n) is 2.91. The van der Waals surface area contributed by atoms with Gasteiger partial charge in [0.2, 0.25) is 5.82 Å². The molecule has 4 rings (SSSR count). The fraction of sp³-hybridized carbons (Fsp3) is 0.278. The van der Waals surface area contributed by atoms with E-state index in [1.807, 2.05) is 46.7 Å². The van der Waals surface area contributed by atoms with Crippen LogP contribution in [0.1, 0.15) is 29.6 Å². The van der Waals surface area contributed by atoms with Crippen LogP contribution in [0.5, 0.6) is 0 Å². The van der Waals surface area contributed by atoms with Crippen molar-refractivity contribution in [2.24, 2.45) is 0 Å². The zero-order chi connectivity index (χ0) is 16.4. The molecular weight excluding hydrogens is 322 g/mol. The molecule has 1 aliphatic rings. The number of carbonyl (C=O) groups excluding carboxylic acids is 1. The highest BCUT2D eigenvalue weighted by molar-refractivity contribution is 7.13. The van der Waals surface area contributed by atoms with Crippen LogP contribution in [0.25, 0.3) is 22.2 Å². The van der Waals surface area contributed by atoms with Crippen molar-refractivity contribution in [2.45, 2.75) is 19.3 Å². The smallest absolute Gasteiger partial charge is 0.268 e. The van der Waals surface area contributed by atoms with Gasteiger partial charge in [-0.15, -0.1) is 11.3 Å². The highest BCUT2D eigenvalue weighted by Gasteiger charge is 2.19. The van der Waals surface area contributed by atoms with Gasteiger partial charge in [0, 0.05) is 24.2 Å². The Morgan fingerprint density at radius 2 is 2.00 bits per heavy atom. The number of benzene rings is 1. The van der Waals surface area contributed by atoms with E-state index in [4.69, 9.17) is 4.52 Å². The van der Waals surface area contributed by atoms with Crippen LogP contribution in [0.2, 0.25) is 0 Å². The first-order valence-electron chi connectivity index (χ1n) is 8.08. The second kappa shape index (κ2) is 6.57. The lowest BCUT2D eigenvalue weighted by molar-refractivity contribution is 0.0724. The molecule has 0 bridgehead atoms. The van der Waals surface area contributed by atoms with Crippen LogP contribution < -0.4 is 0 Å². The van der Waals surface area contributed by atoms with E-state index in [-0.39, 0.29) is 5.91 Å². The number of hydrogen-bond donors (Lipinski definition) is 0. The molecule has 0 atom stereocenters. The Hall–Kier alpha value is -2.47. The van der Waals surface area contributed by atoms with E-state index < -0.39 is 0 Å². The van der Waals surface area contributed by atoms with Crippen molar-refractivity contribution in [2.75, 3.05) is 13.1 Å². The third-order valence-corrected chi connectivity index (χ3v) is 5.03. The maximum atomic E-state index is 12.6. The summed E-state index contributed by atoms with van der Waals surface area (Å²) in [6.45, 7) is 1.68. The molecule has 24 heavy (non-hydrogen) atoms. The first-order chi connectivity index (χ1) is 11.8. The molecule has 1 fully saturated rings. The molecule has 3 aromatic rings. The van der Waals surface area contributed by atoms with Gasteiger partial charge in [-0.3, -0.25) is 4.79 Å². The number of amides is 1. The minimum Gasteiger partial charge on any atom is -0.339 e. The van der Waals surface area contributed by atoms with Crippen molar-refractivity contribution in [3.63, 3.8) is 0 Å². The lowest BCUT2D eigenvalue weighted by Gasteiger charge is -2.26. The van der Waals surface area contributed by atoms with Crippen LogP contribution in [-0.4, -0.2) is 34.0 Å². The van der Waals surface area contributed by atoms with E-state index in [0.717, 1.165) is 36.4 Å². The summed E-state index contributed by atoms with van der Waals surface area (Å²) in [5.74, 6) is 1.10. The van der Waals surface area contributed by atoms with Crippen LogP contribution in [0.4, 0.5) is 0 Å². The summed E-state index contributed by atoms with van der Waals surface area (Å²) in [6.07, 6.45) is 3.37. The molecular formula is C18H17N3O2S. The molecule has 3 heterocycles. The van der Waals surface area contributed by atoms with Crippen molar-refractivity contribution < 1.29 is 9.32 Å². The van der Waals surface area contributed by atoms with Gasteiger partial charge in [-0.05, 0) is 42.8 Å². The van der Waals surface area contributed by atoms with Crippen molar-refractivity contribution in [1.29, 1.82) is 0 Å². The summed E-state index contributed by atoms with van der Waals surface area (Å²) in [7, 11) is 0. The Morgan fingerprint density at radius 3 is 2.79 bits per heavy atom. The number of aromatic nitrogens is 2. The van der Waals surface area contributed by atoms with Gasteiger partial charge in [0.15, 0.2) is 0 Å². The molecule has 1 saturated heterocycles. The fourth-order valence-corrected chi connectivity index (χ4v) is 3.56. The van der Waals surface area contributed by atoms with E-state index in [1.54, 1.807) is 11.3 Å². The minimum atomic E-state index is 0.0820. The monoisotopic (exact) mass is 339 g/mol. The predicted molar refractivity (Wildman–Crippen MR) is 92.8 cm³/mol. The molecule has 1 aromatic carbocycles. The van der Waals surface area contributed by atoms with Gasteiger partial charge >= 0.3 is 0 Å². The number of thiophene rings is 1. The summed E-state index contributed by atoms with van der Waals surface area (Å²) >= 11 is 1.55. The third-order valence-electron chi connectivity index (χ3n) is 4.17. The Labute approximate surface area is 143 Å². The molecule has 0 aliphatic carbocycles. The Morgan fingerprint density at radius 1 is 1.12 bits per heavy atom. The van der Waals surface area contributed by atoms with E-state index in [1.165, 1.54) is 6.42 Å². The van der Waals surface area contributed by atoms with E-state index >= 15 is 0 Å². The SMILES string of the molecule is O=C(c1cccc(-c2noc(-c3cccs3)n2)c1)N1CCCCC1. The average molecular weight is 339 g/mol. The number of carbonyl (C=O) groups is 1. The van der Waals surface area contributed by atoms with Gasteiger partial charge in [0.1, 0.15) is 0 Å². The number of piperidine rings is 1. The number of likely N-dealkylation sites (tertiary alicyclic amines) is 1. The van der Waals surface area contributed by atoms with E-state index in [0.29, 0.717) is 17.3 Å². The van der Waals surface area contributed by atoms with Crippen LogP contribution in [0.3, 0.4) is 0 Å². The molecule has 0 radical (unpaired) electrons. The van der Waals surface area contributed by atoms with Crippen molar-refractivity contribution in [3.05, 3.63) is 47.3 Å². The number of hydrogen-bond acceptors (Lipinski definition) is 5. The topological polar surface area (TPSA) is 59.2 Å². The van der Waals surface area contributed by atoms with Gasteiger partial charge in [-0.2, -0.15) is 4.98 Å². The Bertz CT molecular complexity index is 836. The predicted octanol–water partition coefficient (Wildman–Crippen LogP) is 4.09. The van der Waals surface area contributed by atoms with Gasteiger partial charge in [-0.25, -0.2) is 0 Å². The molecule has 1 aliphatic heterocycles. The Kier molecular flexibility index (Phi) is 4.13. The lowest BCUT2D eigenvalue weighted by Crippen LogP contribution is -2.35. The summed E-state index contributed by atoms with van der Waals surface area (Å²) in [6, 6.07) is 11.4. The molecule has 2 aromatic heterocycles. The molecule has 0 spiro atoms. The number of nitrogens with zero attached hydrogens (tertiary/aromatic N) is 3. The van der Waals surface area contributed by atoms with Gasteiger partial charge in [0.05, 0.1) is 4.88 Å². The highest BCUT2D eigenvalue weighted by atomic mass is 32.1. The normalized spacial score (nSPS) is 14.8. The van der Waals surface area contributed by atoms with Gasteiger partial charge in [-0.1, -0.05) is 23.4 Å². The maximum absolute atomic E-state index is 12.6. The molecule has 0 saturated carbocycles. The summed E-state index contributed by atoms with van der Waals surface area (Å²) < 4.78 is 5.33. The standard InChI is InChI=1S/C18H17N3O2S/c22-18(21-9-2-1-3-10-21)14-7-4-6-13(12-14)16-19-17(23-20-16)15-8-5-11-24-15/h4-8,11-12H,1-3,9-10H2. The highest BCUT2D eigenvalue weighted by Crippen LogP contribution is 2.26. The second-order valence-electron chi connectivity index (χ2n) is 5.83. The second-order valence-corrected chi connectivity index (χ2v) is 6.78. The van der Waals surface area contributed by atoms with Gasteiger partial charge < -0.3 is 9.42 Å². The number of rotatable bonds is 3. The van der Waals surface area contributed by atoms with E-state index in [2.05, 4.69) is 10.1 Å². The summed E-state index contributed by atoms with van der Waals surface area (Å²) in [5, 5.41) is 6.02. The van der Waals surface area contributed by atoms with Crippen molar-refractivity contribution in [3.8, 4) is 22.2 Å². The molecule has 0 unspecified atom stereocenters. The maximum Gasteiger partial charge on any atom is 0.268 e. The van der Waals surface area contributed by atoms with Gasteiger partial charge in [0.25, 0.3) is 11.8 Å². The lowest BCUT2D eigenvalue weighted by atomic mass is 10.1. The molecule has 1 amide bonds. The zero-order valence-corrected chi connectivity index (χ0v) is 14.0. The zero-order valence-electron chi connectivity index (χ0n) is 13.1.